The van der Waals surface area contributed by atoms with Crippen LogP contribution in [0.25, 0.3) is 0 Å². The van der Waals surface area contributed by atoms with Crippen molar-refractivity contribution in [3.8, 4) is 0 Å². The van der Waals surface area contributed by atoms with Gasteiger partial charge >= 0.3 is 0 Å². The molecule has 0 unspecified atom stereocenters. The van der Waals surface area contributed by atoms with Gasteiger partial charge in [0.05, 0.1) is 16.9 Å². The summed E-state index contributed by atoms with van der Waals surface area (Å²) in [7, 11) is 0. The number of carbonyl (C=O) groups is 1. The van der Waals surface area contributed by atoms with Gasteiger partial charge in [0.2, 0.25) is 5.95 Å². The predicted molar refractivity (Wildman–Crippen MR) is 116 cm³/mol. The van der Waals surface area contributed by atoms with Gasteiger partial charge in [0.15, 0.2) is 11.6 Å². The molecule has 0 bridgehead atoms. The summed E-state index contributed by atoms with van der Waals surface area (Å²) < 4.78 is 43.2. The molecule has 0 radical (unpaired) electrons. The van der Waals surface area contributed by atoms with Crippen molar-refractivity contribution in [3.05, 3.63) is 69.6 Å². The van der Waals surface area contributed by atoms with E-state index in [0.717, 1.165) is 6.07 Å². The molecular weight excluding hydrogens is 524 g/mol. The fourth-order valence-electron chi connectivity index (χ4n) is 3.18. The van der Waals surface area contributed by atoms with Crippen LogP contribution in [-0.4, -0.2) is 45.4 Å². The van der Waals surface area contributed by atoms with Crippen LogP contribution >= 0.6 is 22.6 Å². The number of benzene rings is 2. The topological polar surface area (TPSA) is 83.0 Å². The van der Waals surface area contributed by atoms with Crippen LogP contribution in [0.5, 0.6) is 0 Å². The number of nitrogens with one attached hydrogen (secondary N) is 2. The maximum atomic E-state index is 14.5. The molecule has 0 aliphatic carbocycles. The molecule has 7 nitrogen and oxygen atoms in total. The zero-order valence-electron chi connectivity index (χ0n) is 15.9. The van der Waals surface area contributed by atoms with Crippen molar-refractivity contribution in [2.75, 3.05) is 30.3 Å². The molecule has 1 saturated heterocycles. The second-order valence-corrected chi connectivity index (χ2v) is 8.20. The van der Waals surface area contributed by atoms with E-state index >= 15 is 0 Å². The highest BCUT2D eigenvalue weighted by molar-refractivity contribution is 14.1. The van der Waals surface area contributed by atoms with E-state index in [-0.39, 0.29) is 17.2 Å². The fourth-order valence-corrected chi connectivity index (χ4v) is 3.63. The van der Waals surface area contributed by atoms with Gasteiger partial charge in [-0.2, -0.15) is 0 Å². The average molecular weight is 540 g/mol. The van der Waals surface area contributed by atoms with Crippen LogP contribution in [0.4, 0.5) is 30.5 Å². The predicted octanol–water partition coefficient (Wildman–Crippen LogP) is 3.82. The van der Waals surface area contributed by atoms with Gasteiger partial charge in [-0.05, 0) is 52.9 Å². The molecule has 2 N–H and O–H groups in total. The summed E-state index contributed by atoms with van der Waals surface area (Å²) in [6, 6.07) is 6.36. The molecule has 160 valence electrons. The van der Waals surface area contributed by atoms with Crippen LogP contribution in [-0.2, 0) is 0 Å². The Morgan fingerprint density at radius 3 is 2.55 bits per heavy atom. The van der Waals surface area contributed by atoms with Gasteiger partial charge in [-0.25, -0.2) is 28.1 Å². The third-order valence-corrected chi connectivity index (χ3v) is 5.47. The van der Waals surface area contributed by atoms with Crippen molar-refractivity contribution < 1.29 is 18.0 Å². The van der Waals surface area contributed by atoms with Gasteiger partial charge in [-0.3, -0.25) is 4.79 Å². The lowest BCUT2D eigenvalue weighted by Crippen LogP contribution is -2.52. The van der Waals surface area contributed by atoms with E-state index in [9.17, 15) is 18.0 Å². The number of carbonyl (C=O) groups excluding carboxylic acids is 1. The monoisotopic (exact) mass is 540 g/mol. The Morgan fingerprint density at radius 2 is 1.84 bits per heavy atom. The normalized spacial score (nSPS) is 13.6. The molecule has 3 aromatic rings. The number of likely N-dealkylation sites (tertiary alicyclic amines) is 1. The van der Waals surface area contributed by atoms with Crippen molar-refractivity contribution in [3.63, 3.8) is 0 Å². The molecule has 4 rings (SSSR count). The number of aromatic nitrogens is 3. The van der Waals surface area contributed by atoms with Crippen LogP contribution in [0.3, 0.4) is 0 Å². The zero-order valence-corrected chi connectivity index (χ0v) is 18.1. The largest absolute Gasteiger partial charge is 0.354 e. The summed E-state index contributed by atoms with van der Waals surface area (Å²) >= 11 is 1.94. The van der Waals surface area contributed by atoms with Crippen molar-refractivity contribution >= 4 is 45.8 Å². The first-order chi connectivity index (χ1) is 14.9. The molecular formula is C20H16F3IN6O. The molecule has 1 aliphatic rings. The third kappa shape index (κ3) is 4.70. The first-order valence-electron chi connectivity index (χ1n) is 9.27. The number of nitrogens with zero attached hydrogens (tertiary/aromatic N) is 4. The van der Waals surface area contributed by atoms with Crippen molar-refractivity contribution in [1.29, 1.82) is 0 Å². The second kappa shape index (κ2) is 9.04. The number of amides is 1. The van der Waals surface area contributed by atoms with Gasteiger partial charge in [0.25, 0.3) is 5.91 Å². The van der Waals surface area contributed by atoms with Crippen molar-refractivity contribution in [2.45, 2.75) is 0 Å². The standard InChI is InChI=1S/C20H16F3IN6O/c21-14-3-2-13(18(17(14)23)29-16-4-1-12(24)5-15(16)22)19(31)30-7-11(8-30)6-26-20-27-9-25-10-28-20/h1-5,9-11,29H,6-8H2,(H,25,26,27,28). The Balaban J connectivity index is 1.47. The van der Waals surface area contributed by atoms with E-state index in [0.29, 0.717) is 29.2 Å². The summed E-state index contributed by atoms with van der Waals surface area (Å²) in [5.74, 6) is -2.89. The number of hydrogen-bond acceptors (Lipinski definition) is 6. The Kier molecular flexibility index (Phi) is 6.20. The maximum absolute atomic E-state index is 14.5. The molecule has 0 spiro atoms. The summed E-state index contributed by atoms with van der Waals surface area (Å²) in [6.45, 7) is 1.39. The lowest BCUT2D eigenvalue weighted by Gasteiger charge is -2.39. The molecule has 1 fully saturated rings. The lowest BCUT2D eigenvalue weighted by molar-refractivity contribution is 0.0522. The van der Waals surface area contributed by atoms with E-state index in [1.54, 1.807) is 6.07 Å². The second-order valence-electron chi connectivity index (χ2n) is 6.95. The zero-order chi connectivity index (χ0) is 22.0. The van der Waals surface area contributed by atoms with Crippen LogP contribution < -0.4 is 10.6 Å². The number of anilines is 3. The Labute approximate surface area is 189 Å². The summed E-state index contributed by atoms with van der Waals surface area (Å²) in [4.78, 5) is 26.1. The van der Waals surface area contributed by atoms with Crippen LogP contribution in [0.15, 0.2) is 43.0 Å². The molecule has 11 heteroatoms. The van der Waals surface area contributed by atoms with E-state index in [1.165, 1.54) is 35.8 Å². The van der Waals surface area contributed by atoms with E-state index in [4.69, 9.17) is 0 Å². The smallest absolute Gasteiger partial charge is 0.256 e. The van der Waals surface area contributed by atoms with E-state index in [1.807, 2.05) is 22.6 Å². The Bertz CT molecular complexity index is 1110. The van der Waals surface area contributed by atoms with Crippen LogP contribution in [0.1, 0.15) is 10.4 Å². The third-order valence-electron chi connectivity index (χ3n) is 4.80. The molecule has 1 aliphatic heterocycles. The summed E-state index contributed by atoms with van der Waals surface area (Å²) in [5, 5.41) is 5.60. The van der Waals surface area contributed by atoms with Crippen molar-refractivity contribution in [1.82, 2.24) is 19.9 Å². The molecule has 2 aromatic carbocycles. The highest BCUT2D eigenvalue weighted by Crippen LogP contribution is 2.31. The van der Waals surface area contributed by atoms with Gasteiger partial charge in [0, 0.05) is 29.1 Å². The van der Waals surface area contributed by atoms with Gasteiger partial charge in [-0.1, -0.05) is 0 Å². The van der Waals surface area contributed by atoms with Crippen LogP contribution in [0, 0.1) is 26.9 Å². The van der Waals surface area contributed by atoms with Crippen LogP contribution in [0.2, 0.25) is 0 Å². The number of rotatable bonds is 6. The quantitative estimate of drug-likeness (QED) is 0.463. The molecule has 0 atom stereocenters. The highest BCUT2D eigenvalue weighted by Gasteiger charge is 2.33. The SMILES string of the molecule is O=C(c1ccc(F)c(F)c1Nc1ccc(I)cc1F)N1CC(CNc2ncncn2)C1. The molecule has 0 saturated carbocycles. The minimum absolute atomic E-state index is 0.0537. The first-order valence-corrected chi connectivity index (χ1v) is 10.4. The number of halogens is 4. The van der Waals surface area contributed by atoms with Crippen molar-refractivity contribution in [2.24, 2.45) is 5.92 Å². The van der Waals surface area contributed by atoms with Gasteiger partial charge in [0.1, 0.15) is 18.5 Å². The number of hydrogen-bond donors (Lipinski definition) is 2. The van der Waals surface area contributed by atoms with Gasteiger partial charge in [-0.15, -0.1) is 0 Å². The Morgan fingerprint density at radius 1 is 1.10 bits per heavy atom. The van der Waals surface area contributed by atoms with E-state index < -0.39 is 29.0 Å². The average Bonchev–Trinajstić information content (AvgIpc) is 2.72. The fraction of sp³-hybridized carbons (Fsp3) is 0.200. The van der Waals surface area contributed by atoms with E-state index in [2.05, 4.69) is 25.6 Å². The first kappa shape index (κ1) is 21.3. The molecule has 2 heterocycles. The summed E-state index contributed by atoms with van der Waals surface area (Å²) in [5.41, 5.74) is -0.514. The summed E-state index contributed by atoms with van der Waals surface area (Å²) in [6.07, 6.45) is 2.75. The minimum atomic E-state index is -1.24. The lowest BCUT2D eigenvalue weighted by atomic mass is 9.98. The maximum Gasteiger partial charge on any atom is 0.256 e. The minimum Gasteiger partial charge on any atom is -0.354 e. The molecule has 1 amide bonds. The Hall–Kier alpha value is -2.96. The molecule has 31 heavy (non-hydrogen) atoms. The highest BCUT2D eigenvalue weighted by atomic mass is 127. The van der Waals surface area contributed by atoms with Gasteiger partial charge < -0.3 is 15.5 Å². The molecule has 1 aromatic heterocycles.